The SMILES string of the molecule is CCCNc1ccnc(-c2cnn(C(C)C)c2)n1. The molecule has 2 heterocycles. The lowest BCUT2D eigenvalue weighted by molar-refractivity contribution is 0.532. The lowest BCUT2D eigenvalue weighted by atomic mass is 10.3. The number of aromatic nitrogens is 4. The third kappa shape index (κ3) is 2.85. The first-order chi connectivity index (χ1) is 8.70. The molecule has 5 heteroatoms. The number of nitrogens with one attached hydrogen (secondary N) is 1. The molecule has 0 spiro atoms. The highest BCUT2D eigenvalue weighted by atomic mass is 15.3. The van der Waals surface area contributed by atoms with Crippen LogP contribution in [0.1, 0.15) is 33.2 Å². The minimum atomic E-state index is 0.347. The highest BCUT2D eigenvalue weighted by molar-refractivity contribution is 5.54. The Morgan fingerprint density at radius 3 is 2.89 bits per heavy atom. The van der Waals surface area contributed by atoms with Crippen LogP contribution in [0.25, 0.3) is 11.4 Å². The van der Waals surface area contributed by atoms with Crippen molar-refractivity contribution in [2.75, 3.05) is 11.9 Å². The molecule has 0 saturated carbocycles. The number of nitrogens with zero attached hydrogens (tertiary/aromatic N) is 4. The Balaban J connectivity index is 2.21. The molecule has 0 aliphatic heterocycles. The predicted octanol–water partition coefficient (Wildman–Crippen LogP) is 2.74. The van der Waals surface area contributed by atoms with Gasteiger partial charge in [-0.15, -0.1) is 0 Å². The van der Waals surface area contributed by atoms with Crippen molar-refractivity contribution >= 4 is 5.82 Å². The lowest BCUT2D eigenvalue weighted by Crippen LogP contribution is -2.03. The first-order valence-electron chi connectivity index (χ1n) is 6.32. The summed E-state index contributed by atoms with van der Waals surface area (Å²) in [7, 11) is 0. The highest BCUT2D eigenvalue weighted by Gasteiger charge is 2.07. The minimum Gasteiger partial charge on any atom is -0.370 e. The quantitative estimate of drug-likeness (QED) is 0.880. The van der Waals surface area contributed by atoms with Gasteiger partial charge in [-0.2, -0.15) is 5.10 Å². The van der Waals surface area contributed by atoms with Gasteiger partial charge in [0.05, 0.1) is 11.8 Å². The van der Waals surface area contributed by atoms with Gasteiger partial charge in [0.2, 0.25) is 0 Å². The molecule has 0 aromatic carbocycles. The molecule has 0 fully saturated rings. The first kappa shape index (κ1) is 12.5. The summed E-state index contributed by atoms with van der Waals surface area (Å²) in [6.07, 6.45) is 6.63. The number of rotatable bonds is 5. The molecule has 0 amide bonds. The smallest absolute Gasteiger partial charge is 0.164 e. The molecule has 0 aliphatic rings. The Morgan fingerprint density at radius 2 is 2.22 bits per heavy atom. The zero-order chi connectivity index (χ0) is 13.0. The molecular formula is C13H19N5. The van der Waals surface area contributed by atoms with Crippen LogP contribution in [0.2, 0.25) is 0 Å². The molecule has 0 saturated heterocycles. The summed E-state index contributed by atoms with van der Waals surface area (Å²) < 4.78 is 1.91. The van der Waals surface area contributed by atoms with E-state index in [4.69, 9.17) is 0 Å². The number of anilines is 1. The van der Waals surface area contributed by atoms with Crippen LogP contribution in [0, 0.1) is 0 Å². The zero-order valence-electron chi connectivity index (χ0n) is 11.1. The van der Waals surface area contributed by atoms with Gasteiger partial charge in [-0.05, 0) is 26.3 Å². The van der Waals surface area contributed by atoms with E-state index in [2.05, 4.69) is 41.2 Å². The van der Waals surface area contributed by atoms with E-state index in [9.17, 15) is 0 Å². The summed E-state index contributed by atoms with van der Waals surface area (Å²) in [4.78, 5) is 8.76. The van der Waals surface area contributed by atoms with Crippen molar-refractivity contribution in [3.05, 3.63) is 24.7 Å². The summed E-state index contributed by atoms with van der Waals surface area (Å²) in [5, 5.41) is 7.56. The van der Waals surface area contributed by atoms with Crippen LogP contribution in [0.4, 0.5) is 5.82 Å². The average Bonchev–Trinajstić information content (AvgIpc) is 2.86. The van der Waals surface area contributed by atoms with Crippen LogP contribution in [0.3, 0.4) is 0 Å². The van der Waals surface area contributed by atoms with Gasteiger partial charge in [0.1, 0.15) is 5.82 Å². The fourth-order valence-corrected chi connectivity index (χ4v) is 1.59. The summed E-state index contributed by atoms with van der Waals surface area (Å²) in [6, 6.07) is 2.23. The van der Waals surface area contributed by atoms with Crippen LogP contribution in [-0.2, 0) is 0 Å². The normalized spacial score (nSPS) is 10.9. The van der Waals surface area contributed by atoms with Gasteiger partial charge >= 0.3 is 0 Å². The topological polar surface area (TPSA) is 55.6 Å². The second kappa shape index (κ2) is 5.62. The van der Waals surface area contributed by atoms with Gasteiger partial charge in [0.25, 0.3) is 0 Å². The Bertz CT molecular complexity index is 504. The molecule has 0 bridgehead atoms. The summed E-state index contributed by atoms with van der Waals surface area (Å²) in [5.41, 5.74) is 0.948. The molecule has 0 aliphatic carbocycles. The van der Waals surface area contributed by atoms with Gasteiger partial charge in [-0.3, -0.25) is 4.68 Å². The van der Waals surface area contributed by atoms with Crippen molar-refractivity contribution in [1.29, 1.82) is 0 Å². The Labute approximate surface area is 107 Å². The monoisotopic (exact) mass is 245 g/mol. The van der Waals surface area contributed by atoms with E-state index in [1.807, 2.05) is 16.9 Å². The zero-order valence-corrected chi connectivity index (χ0v) is 11.1. The van der Waals surface area contributed by atoms with E-state index in [0.717, 1.165) is 24.3 Å². The third-order valence-corrected chi connectivity index (χ3v) is 2.60. The highest BCUT2D eigenvalue weighted by Crippen LogP contribution is 2.17. The Morgan fingerprint density at radius 1 is 1.39 bits per heavy atom. The standard InChI is InChI=1S/C13H19N5/c1-4-6-14-12-5-7-15-13(17-12)11-8-16-18(9-11)10(2)3/h5,7-10H,4,6H2,1-3H3,(H,14,15,17). The summed E-state index contributed by atoms with van der Waals surface area (Å²) >= 11 is 0. The molecule has 1 N–H and O–H groups in total. The average molecular weight is 245 g/mol. The predicted molar refractivity (Wildman–Crippen MR) is 72.4 cm³/mol. The maximum atomic E-state index is 4.48. The van der Waals surface area contributed by atoms with E-state index < -0.39 is 0 Å². The second-order valence-electron chi connectivity index (χ2n) is 4.50. The summed E-state index contributed by atoms with van der Waals surface area (Å²) in [6.45, 7) is 7.23. The van der Waals surface area contributed by atoms with Crippen molar-refractivity contribution < 1.29 is 0 Å². The molecule has 0 radical (unpaired) electrons. The lowest BCUT2D eigenvalue weighted by Gasteiger charge is -2.05. The largest absolute Gasteiger partial charge is 0.370 e. The van der Waals surface area contributed by atoms with Crippen LogP contribution >= 0.6 is 0 Å². The Kier molecular flexibility index (Phi) is 3.92. The van der Waals surface area contributed by atoms with E-state index >= 15 is 0 Å². The molecule has 0 unspecified atom stereocenters. The number of hydrogen-bond donors (Lipinski definition) is 1. The fraction of sp³-hybridized carbons (Fsp3) is 0.462. The molecule has 5 nitrogen and oxygen atoms in total. The van der Waals surface area contributed by atoms with Crippen molar-refractivity contribution in [2.45, 2.75) is 33.2 Å². The van der Waals surface area contributed by atoms with Crippen LogP contribution in [0.15, 0.2) is 24.7 Å². The van der Waals surface area contributed by atoms with Crippen molar-refractivity contribution in [1.82, 2.24) is 19.7 Å². The van der Waals surface area contributed by atoms with E-state index in [-0.39, 0.29) is 0 Å². The van der Waals surface area contributed by atoms with Gasteiger partial charge in [-0.1, -0.05) is 6.92 Å². The van der Waals surface area contributed by atoms with Gasteiger partial charge < -0.3 is 5.32 Å². The van der Waals surface area contributed by atoms with Crippen molar-refractivity contribution in [2.24, 2.45) is 0 Å². The minimum absolute atomic E-state index is 0.347. The third-order valence-electron chi connectivity index (χ3n) is 2.60. The molecule has 2 aromatic heterocycles. The molecule has 96 valence electrons. The first-order valence-corrected chi connectivity index (χ1v) is 6.32. The fourth-order valence-electron chi connectivity index (χ4n) is 1.59. The molecule has 2 rings (SSSR count). The van der Waals surface area contributed by atoms with Crippen LogP contribution < -0.4 is 5.32 Å². The van der Waals surface area contributed by atoms with E-state index in [0.29, 0.717) is 11.9 Å². The van der Waals surface area contributed by atoms with Crippen LogP contribution in [0.5, 0.6) is 0 Å². The molecular weight excluding hydrogens is 226 g/mol. The molecule has 0 atom stereocenters. The van der Waals surface area contributed by atoms with E-state index in [1.54, 1.807) is 12.4 Å². The maximum Gasteiger partial charge on any atom is 0.164 e. The maximum absolute atomic E-state index is 4.48. The van der Waals surface area contributed by atoms with Gasteiger partial charge in [0.15, 0.2) is 5.82 Å². The second-order valence-corrected chi connectivity index (χ2v) is 4.50. The van der Waals surface area contributed by atoms with Gasteiger partial charge in [0, 0.05) is 25.0 Å². The Hall–Kier alpha value is -1.91. The number of hydrogen-bond acceptors (Lipinski definition) is 4. The van der Waals surface area contributed by atoms with Crippen molar-refractivity contribution in [3.8, 4) is 11.4 Å². The van der Waals surface area contributed by atoms with E-state index in [1.165, 1.54) is 0 Å². The van der Waals surface area contributed by atoms with Gasteiger partial charge in [-0.25, -0.2) is 9.97 Å². The molecule has 2 aromatic rings. The molecule has 18 heavy (non-hydrogen) atoms. The summed E-state index contributed by atoms with van der Waals surface area (Å²) in [5.74, 6) is 1.57. The van der Waals surface area contributed by atoms with Crippen molar-refractivity contribution in [3.63, 3.8) is 0 Å². The van der Waals surface area contributed by atoms with Crippen LogP contribution in [-0.4, -0.2) is 26.3 Å².